The van der Waals surface area contributed by atoms with Gasteiger partial charge in [-0.25, -0.2) is 0 Å². The first kappa shape index (κ1) is 12.8. The zero-order chi connectivity index (χ0) is 13.0. The van der Waals surface area contributed by atoms with Gasteiger partial charge in [0.25, 0.3) is 5.91 Å². The van der Waals surface area contributed by atoms with Crippen molar-refractivity contribution in [1.82, 2.24) is 10.2 Å². The number of aromatic nitrogens is 2. The minimum atomic E-state index is -0.591. The van der Waals surface area contributed by atoms with E-state index in [1.165, 1.54) is 12.5 Å². The molecule has 1 fully saturated rings. The van der Waals surface area contributed by atoms with E-state index in [9.17, 15) is 4.79 Å². The molecule has 2 atom stereocenters. The number of ether oxygens (including phenoxy) is 1. The number of hydrogen-bond donors (Lipinski definition) is 2. The van der Waals surface area contributed by atoms with Crippen molar-refractivity contribution >= 4 is 5.91 Å². The highest BCUT2D eigenvalue weighted by Gasteiger charge is 2.26. The first-order valence-corrected chi connectivity index (χ1v) is 6.21. The predicted octanol–water partition coefficient (Wildman–Crippen LogP) is 0.472. The van der Waals surface area contributed by atoms with Gasteiger partial charge in [0.05, 0.1) is 0 Å². The van der Waals surface area contributed by atoms with E-state index in [4.69, 9.17) is 16.2 Å². The normalized spacial score (nSPS) is 23.6. The molecule has 6 nitrogen and oxygen atoms in total. The van der Waals surface area contributed by atoms with Crippen LogP contribution < -0.4 is 16.2 Å². The minimum Gasteiger partial charge on any atom is -0.473 e. The average molecular weight is 250 g/mol. The van der Waals surface area contributed by atoms with Crippen LogP contribution >= 0.6 is 0 Å². The van der Waals surface area contributed by atoms with E-state index in [2.05, 4.69) is 10.2 Å². The van der Waals surface area contributed by atoms with Gasteiger partial charge in [-0.05, 0) is 31.9 Å². The molecule has 0 aromatic carbocycles. The second-order valence-corrected chi connectivity index (χ2v) is 4.56. The van der Waals surface area contributed by atoms with Gasteiger partial charge in [0.2, 0.25) is 5.88 Å². The molecule has 0 spiro atoms. The second-order valence-electron chi connectivity index (χ2n) is 4.56. The van der Waals surface area contributed by atoms with Crippen molar-refractivity contribution in [2.75, 3.05) is 6.54 Å². The third-order valence-corrected chi connectivity index (χ3v) is 3.31. The molecular weight excluding hydrogens is 232 g/mol. The molecule has 0 aliphatic heterocycles. The van der Waals surface area contributed by atoms with Crippen molar-refractivity contribution < 1.29 is 9.53 Å². The average Bonchev–Trinajstić information content (AvgIpc) is 2.40. The maximum atomic E-state index is 10.9. The molecule has 0 radical (unpaired) electrons. The van der Waals surface area contributed by atoms with Gasteiger partial charge in [-0.1, -0.05) is 6.42 Å². The van der Waals surface area contributed by atoms with Crippen LogP contribution in [0.4, 0.5) is 0 Å². The molecule has 98 valence electrons. The Kier molecular flexibility index (Phi) is 4.09. The van der Waals surface area contributed by atoms with Gasteiger partial charge >= 0.3 is 0 Å². The molecule has 18 heavy (non-hydrogen) atoms. The molecule has 4 N–H and O–H groups in total. The lowest BCUT2D eigenvalue weighted by molar-refractivity contribution is 0.0908. The van der Waals surface area contributed by atoms with Gasteiger partial charge in [0.1, 0.15) is 6.10 Å². The van der Waals surface area contributed by atoms with Crippen LogP contribution in [0.1, 0.15) is 36.2 Å². The van der Waals surface area contributed by atoms with Crippen LogP contribution in [0, 0.1) is 5.92 Å². The number of hydrogen-bond acceptors (Lipinski definition) is 5. The molecule has 1 amide bonds. The summed E-state index contributed by atoms with van der Waals surface area (Å²) in [6, 6.07) is 3.14. The lowest BCUT2D eigenvalue weighted by Gasteiger charge is -2.30. The zero-order valence-electron chi connectivity index (χ0n) is 10.2. The highest BCUT2D eigenvalue weighted by atomic mass is 16.5. The maximum Gasteiger partial charge on any atom is 0.269 e. The summed E-state index contributed by atoms with van der Waals surface area (Å²) in [4.78, 5) is 10.9. The van der Waals surface area contributed by atoms with Crippen molar-refractivity contribution in [2.45, 2.75) is 31.8 Å². The molecule has 6 heteroatoms. The topological polar surface area (TPSA) is 104 Å². The minimum absolute atomic E-state index is 0.0949. The molecule has 0 saturated heterocycles. The van der Waals surface area contributed by atoms with Gasteiger partial charge < -0.3 is 16.2 Å². The van der Waals surface area contributed by atoms with Crippen LogP contribution in [0.25, 0.3) is 0 Å². The Morgan fingerprint density at radius 3 is 2.72 bits per heavy atom. The molecule has 1 aliphatic carbocycles. The summed E-state index contributed by atoms with van der Waals surface area (Å²) >= 11 is 0. The second kappa shape index (κ2) is 5.77. The van der Waals surface area contributed by atoms with Crippen molar-refractivity contribution in [3.63, 3.8) is 0 Å². The smallest absolute Gasteiger partial charge is 0.269 e. The quantitative estimate of drug-likeness (QED) is 0.808. The van der Waals surface area contributed by atoms with E-state index < -0.39 is 5.91 Å². The number of carbonyl (C=O) groups excluding carboxylic acids is 1. The summed E-state index contributed by atoms with van der Waals surface area (Å²) in [5, 5.41) is 7.56. The number of carbonyl (C=O) groups is 1. The van der Waals surface area contributed by atoms with Crippen LogP contribution in [0.5, 0.6) is 5.88 Å². The lowest BCUT2D eigenvalue weighted by Crippen LogP contribution is -2.35. The molecule has 1 aliphatic rings. The van der Waals surface area contributed by atoms with Gasteiger partial charge in [-0.2, -0.15) is 0 Å². The number of primary amides is 1. The summed E-state index contributed by atoms with van der Waals surface area (Å²) in [6.45, 7) is 0.622. The van der Waals surface area contributed by atoms with Crippen LogP contribution in [0.15, 0.2) is 12.1 Å². The molecule has 1 heterocycles. The van der Waals surface area contributed by atoms with Crippen molar-refractivity contribution in [3.8, 4) is 5.88 Å². The van der Waals surface area contributed by atoms with Gasteiger partial charge in [-0.15, -0.1) is 10.2 Å². The van der Waals surface area contributed by atoms with Gasteiger partial charge in [0, 0.05) is 12.0 Å². The Bertz CT molecular complexity index is 407. The number of nitrogens with zero attached hydrogens (tertiary/aromatic N) is 2. The van der Waals surface area contributed by atoms with E-state index in [1.807, 2.05) is 0 Å². The Morgan fingerprint density at radius 1 is 1.33 bits per heavy atom. The zero-order valence-corrected chi connectivity index (χ0v) is 10.2. The van der Waals surface area contributed by atoms with Crippen LogP contribution in [0.3, 0.4) is 0 Å². The summed E-state index contributed by atoms with van der Waals surface area (Å²) in [6.07, 6.45) is 4.52. The SMILES string of the molecule is NCC1CCCCC1Oc1ccc(C(N)=O)nn1. The van der Waals surface area contributed by atoms with E-state index in [1.54, 1.807) is 6.07 Å². The molecule has 1 saturated carbocycles. The number of rotatable bonds is 4. The van der Waals surface area contributed by atoms with Gasteiger partial charge in [0.15, 0.2) is 5.69 Å². The molecule has 2 unspecified atom stereocenters. The van der Waals surface area contributed by atoms with Crippen molar-refractivity contribution in [2.24, 2.45) is 17.4 Å². The fraction of sp³-hybridized carbons (Fsp3) is 0.583. The summed E-state index contributed by atoms with van der Waals surface area (Å²) in [5.41, 5.74) is 11.0. The maximum absolute atomic E-state index is 10.9. The Balaban J connectivity index is 2.01. The Hall–Kier alpha value is -1.69. The third kappa shape index (κ3) is 2.95. The molecule has 0 bridgehead atoms. The standard InChI is InChI=1S/C12H18N4O2/c13-7-8-3-1-2-4-10(8)18-11-6-5-9(12(14)17)15-16-11/h5-6,8,10H,1-4,7,13H2,(H2,14,17). The van der Waals surface area contributed by atoms with E-state index in [-0.39, 0.29) is 11.8 Å². The van der Waals surface area contributed by atoms with Crippen LogP contribution in [-0.2, 0) is 0 Å². The first-order chi connectivity index (χ1) is 8.70. The largest absolute Gasteiger partial charge is 0.473 e. The predicted molar refractivity (Wildman–Crippen MR) is 66.0 cm³/mol. The number of amides is 1. The molecule has 1 aromatic rings. The highest BCUT2D eigenvalue weighted by molar-refractivity contribution is 5.90. The van der Waals surface area contributed by atoms with E-state index >= 15 is 0 Å². The van der Waals surface area contributed by atoms with Crippen LogP contribution in [-0.4, -0.2) is 28.8 Å². The molecular formula is C12H18N4O2. The van der Waals surface area contributed by atoms with Crippen molar-refractivity contribution in [3.05, 3.63) is 17.8 Å². The summed E-state index contributed by atoms with van der Waals surface area (Å²) in [7, 11) is 0. The third-order valence-electron chi connectivity index (χ3n) is 3.31. The molecule has 1 aromatic heterocycles. The monoisotopic (exact) mass is 250 g/mol. The Morgan fingerprint density at radius 2 is 2.11 bits per heavy atom. The highest BCUT2D eigenvalue weighted by Crippen LogP contribution is 2.26. The number of nitrogens with two attached hydrogens (primary N) is 2. The fourth-order valence-electron chi connectivity index (χ4n) is 2.27. The fourth-order valence-corrected chi connectivity index (χ4v) is 2.27. The lowest BCUT2D eigenvalue weighted by atomic mass is 9.86. The Labute approximate surface area is 106 Å². The van der Waals surface area contributed by atoms with Crippen LogP contribution in [0.2, 0.25) is 0 Å². The van der Waals surface area contributed by atoms with Crippen molar-refractivity contribution in [1.29, 1.82) is 0 Å². The summed E-state index contributed by atoms with van der Waals surface area (Å²) < 4.78 is 5.79. The first-order valence-electron chi connectivity index (χ1n) is 6.21. The molecule has 2 rings (SSSR count). The van der Waals surface area contributed by atoms with Gasteiger partial charge in [-0.3, -0.25) is 4.79 Å². The summed E-state index contributed by atoms with van der Waals surface area (Å²) in [5.74, 6) is 0.202. The van der Waals surface area contributed by atoms with E-state index in [0.717, 1.165) is 19.3 Å². The van der Waals surface area contributed by atoms with E-state index in [0.29, 0.717) is 18.3 Å².